The normalized spacial score (nSPS) is 45.7. The molecule has 1 aromatic rings. The van der Waals surface area contributed by atoms with Crippen molar-refractivity contribution in [2.45, 2.75) is 112 Å². The Balaban J connectivity index is 1.51. The van der Waals surface area contributed by atoms with Crippen molar-refractivity contribution in [2.24, 2.45) is 44.8 Å². The molecule has 5 nitrogen and oxygen atoms in total. The summed E-state index contributed by atoms with van der Waals surface area (Å²) in [5, 5.41) is 18.5. The first-order chi connectivity index (χ1) is 17.0. The van der Waals surface area contributed by atoms with Crippen LogP contribution in [-0.2, 0) is 16.6 Å². The van der Waals surface area contributed by atoms with Crippen molar-refractivity contribution in [3.05, 3.63) is 21.3 Å². The summed E-state index contributed by atoms with van der Waals surface area (Å²) < 4.78 is 1.32. The number of nitrogen functional groups attached to an aromatic ring is 1. The fourth-order valence-electron chi connectivity index (χ4n) is 11.1. The number of halogens is 1. The molecule has 37 heavy (non-hydrogen) atoms. The molecular formula is C31H46BrN3O2. The highest BCUT2D eigenvalue weighted by Gasteiger charge is 2.70. The minimum absolute atomic E-state index is 0.00781. The molecule has 1 aromatic heterocycles. The summed E-state index contributed by atoms with van der Waals surface area (Å²) in [6.45, 7) is 17.1. The monoisotopic (exact) mass is 571 g/mol. The molecule has 3 fully saturated rings. The molecule has 1 heterocycles. The Bertz CT molecular complexity index is 1210. The van der Waals surface area contributed by atoms with Gasteiger partial charge in [-0.25, -0.2) is 0 Å². The Morgan fingerprint density at radius 3 is 2.38 bits per heavy atom. The minimum atomic E-state index is -0.610. The van der Waals surface area contributed by atoms with Crippen molar-refractivity contribution >= 4 is 27.7 Å². The van der Waals surface area contributed by atoms with Crippen LogP contribution in [0.15, 0.2) is 10.1 Å². The topological polar surface area (TPSA) is 92.0 Å². The zero-order valence-corrected chi connectivity index (χ0v) is 25.4. The van der Waals surface area contributed by atoms with Crippen LogP contribution in [0.4, 0.5) is 5.82 Å². The molecule has 0 saturated heterocycles. The van der Waals surface area contributed by atoms with Crippen molar-refractivity contribution in [1.82, 2.24) is 10.2 Å². The lowest BCUT2D eigenvalue weighted by Crippen LogP contribution is -2.65. The molecule has 0 aliphatic heterocycles. The predicted molar refractivity (Wildman–Crippen MR) is 151 cm³/mol. The van der Waals surface area contributed by atoms with Gasteiger partial charge in [-0.3, -0.25) is 9.89 Å². The van der Waals surface area contributed by atoms with Crippen LogP contribution in [0.2, 0.25) is 0 Å². The van der Waals surface area contributed by atoms with Crippen LogP contribution in [-0.4, -0.2) is 21.3 Å². The maximum absolute atomic E-state index is 12.9. The number of carboxylic acids is 1. The smallest absolute Gasteiger partial charge is 0.310 e. The number of allylic oxidation sites excluding steroid dienone is 2. The second-order valence-corrected chi connectivity index (χ2v) is 16.6. The number of nitrogens with two attached hydrogens (primary N) is 1. The molecule has 6 rings (SSSR count). The van der Waals surface area contributed by atoms with Crippen molar-refractivity contribution < 1.29 is 9.90 Å². The molecule has 3 saturated carbocycles. The number of hydrogen-bond acceptors (Lipinski definition) is 3. The van der Waals surface area contributed by atoms with Crippen molar-refractivity contribution in [3.63, 3.8) is 0 Å². The molecule has 0 amide bonds. The van der Waals surface area contributed by atoms with E-state index >= 15 is 0 Å². The number of aliphatic carboxylic acids is 1. The van der Waals surface area contributed by atoms with E-state index in [1.807, 2.05) is 0 Å². The van der Waals surface area contributed by atoms with Gasteiger partial charge in [-0.05, 0) is 107 Å². The summed E-state index contributed by atoms with van der Waals surface area (Å²) in [5.41, 5.74) is 10.1. The second-order valence-electron chi connectivity index (χ2n) is 15.7. The number of nitrogens with zero attached hydrogens (tertiary/aromatic N) is 1. The highest BCUT2D eigenvalue weighted by molar-refractivity contribution is 9.11. The highest BCUT2D eigenvalue weighted by atomic mass is 79.9. The Kier molecular flexibility index (Phi) is 5.23. The molecule has 6 heteroatoms. The molecule has 5 aliphatic rings. The van der Waals surface area contributed by atoms with Gasteiger partial charge in [-0.1, -0.05) is 64.4 Å². The third kappa shape index (κ3) is 3.03. The van der Waals surface area contributed by atoms with E-state index in [0.717, 1.165) is 50.8 Å². The Labute approximate surface area is 230 Å². The first-order valence-corrected chi connectivity index (χ1v) is 15.3. The number of aromatic amines is 1. The third-order valence-corrected chi connectivity index (χ3v) is 14.1. The van der Waals surface area contributed by atoms with Gasteiger partial charge < -0.3 is 10.8 Å². The van der Waals surface area contributed by atoms with E-state index in [9.17, 15) is 9.90 Å². The number of fused-ring (bicyclic) bond motifs is 8. The number of nitrogens with one attached hydrogen (secondary N) is 1. The van der Waals surface area contributed by atoms with Crippen LogP contribution in [0.25, 0.3) is 0 Å². The Morgan fingerprint density at radius 2 is 1.70 bits per heavy atom. The molecule has 204 valence electrons. The number of hydrogen-bond donors (Lipinski definition) is 3. The molecule has 0 aromatic carbocycles. The molecule has 4 N–H and O–H groups in total. The minimum Gasteiger partial charge on any atom is -0.481 e. The Hall–Kier alpha value is -1.30. The molecule has 7 atom stereocenters. The zero-order chi connectivity index (χ0) is 27.0. The van der Waals surface area contributed by atoms with Gasteiger partial charge in [-0.2, -0.15) is 5.10 Å². The maximum atomic E-state index is 12.9. The summed E-state index contributed by atoms with van der Waals surface area (Å²) in [7, 11) is 0. The zero-order valence-electron chi connectivity index (χ0n) is 23.9. The first-order valence-electron chi connectivity index (χ1n) is 14.5. The lowest BCUT2D eigenvalue weighted by molar-refractivity contribution is -0.177. The van der Waals surface area contributed by atoms with Gasteiger partial charge in [0.1, 0.15) is 5.82 Å². The van der Waals surface area contributed by atoms with Crippen molar-refractivity contribution in [2.75, 3.05) is 5.73 Å². The number of H-pyrrole nitrogens is 1. The fourth-order valence-corrected chi connectivity index (χ4v) is 12.1. The summed E-state index contributed by atoms with van der Waals surface area (Å²) in [6.07, 6.45) is 8.90. The number of rotatable bonds is 1. The molecule has 0 bridgehead atoms. The standard InChI is InChI=1S/C31H46BrN3O2/c1-26(2)10-12-31(25(36)37)13-11-30(7)22(18(31)16-26)19(32)14-21-28(5)15-17-23(34-35-24(17)33)27(3,4)20(28)8-9-29(21,30)6/h18,20-21H,8-16H2,1-7H3,(H,36,37)(H3,33,34,35). The summed E-state index contributed by atoms with van der Waals surface area (Å²) in [6, 6.07) is 0. The van der Waals surface area contributed by atoms with Gasteiger partial charge in [0.15, 0.2) is 0 Å². The average molecular weight is 573 g/mol. The van der Waals surface area contributed by atoms with E-state index < -0.39 is 11.4 Å². The fraction of sp³-hybridized carbons (Fsp3) is 0.806. The highest BCUT2D eigenvalue weighted by Crippen LogP contribution is 2.76. The van der Waals surface area contributed by atoms with Crippen LogP contribution in [0.1, 0.15) is 111 Å². The number of aromatic nitrogens is 2. The van der Waals surface area contributed by atoms with E-state index in [4.69, 9.17) is 10.8 Å². The molecular weight excluding hydrogens is 526 g/mol. The second kappa shape index (κ2) is 7.46. The van der Waals surface area contributed by atoms with Gasteiger partial charge >= 0.3 is 5.97 Å². The van der Waals surface area contributed by atoms with Crippen LogP contribution in [0.3, 0.4) is 0 Å². The van der Waals surface area contributed by atoms with Gasteiger partial charge in [0.25, 0.3) is 0 Å². The van der Waals surface area contributed by atoms with Gasteiger partial charge in [-0.15, -0.1) is 0 Å². The molecule has 0 radical (unpaired) electrons. The van der Waals surface area contributed by atoms with Gasteiger partial charge in [0, 0.05) is 11.0 Å². The molecule has 0 spiro atoms. The van der Waals surface area contributed by atoms with E-state index in [1.54, 1.807) is 0 Å². The number of anilines is 1. The maximum Gasteiger partial charge on any atom is 0.310 e. The van der Waals surface area contributed by atoms with Crippen molar-refractivity contribution in [3.8, 4) is 0 Å². The summed E-state index contributed by atoms with van der Waals surface area (Å²) >= 11 is 4.18. The van der Waals surface area contributed by atoms with Gasteiger partial charge in [0.2, 0.25) is 0 Å². The predicted octanol–water partition coefficient (Wildman–Crippen LogP) is 7.61. The Morgan fingerprint density at radius 1 is 1.03 bits per heavy atom. The van der Waals surface area contributed by atoms with E-state index in [1.165, 1.54) is 34.2 Å². The summed E-state index contributed by atoms with van der Waals surface area (Å²) in [4.78, 5) is 12.9. The lowest BCUT2D eigenvalue weighted by Gasteiger charge is -2.71. The largest absolute Gasteiger partial charge is 0.481 e. The van der Waals surface area contributed by atoms with E-state index in [-0.39, 0.29) is 33.0 Å². The quantitative estimate of drug-likeness (QED) is 0.323. The first kappa shape index (κ1) is 26.0. The number of carbonyl (C=O) groups is 1. The van der Waals surface area contributed by atoms with Crippen LogP contribution in [0.5, 0.6) is 0 Å². The summed E-state index contributed by atoms with van der Waals surface area (Å²) in [5.74, 6) is 1.32. The van der Waals surface area contributed by atoms with E-state index in [0.29, 0.717) is 11.8 Å². The van der Waals surface area contributed by atoms with E-state index in [2.05, 4.69) is 69.5 Å². The lowest BCUT2D eigenvalue weighted by atomic mass is 9.33. The van der Waals surface area contributed by atoms with Crippen molar-refractivity contribution in [1.29, 1.82) is 0 Å². The SMILES string of the molecule is CC1(C)CCC2(C(=O)O)CCC3(C)C(=C(Br)CC4C5(C)Cc6c(n[nH]c6N)C(C)(C)C5CCC43C)C2C1. The van der Waals surface area contributed by atoms with Crippen LogP contribution >= 0.6 is 15.9 Å². The van der Waals surface area contributed by atoms with Crippen LogP contribution in [0, 0.1) is 44.8 Å². The average Bonchev–Trinajstić information content (AvgIpc) is 3.15. The molecule has 7 unspecified atom stereocenters. The number of carboxylic acid groups (broad SMARTS) is 1. The third-order valence-electron chi connectivity index (χ3n) is 13.3. The molecule has 5 aliphatic carbocycles. The van der Waals surface area contributed by atoms with Crippen LogP contribution < -0.4 is 5.73 Å². The van der Waals surface area contributed by atoms with Gasteiger partial charge in [0.05, 0.1) is 11.1 Å².